The molecule has 0 fully saturated rings. The molecule has 0 spiro atoms. The summed E-state index contributed by atoms with van der Waals surface area (Å²) < 4.78 is 4.64. The third-order valence-corrected chi connectivity index (χ3v) is 3.05. The normalized spacial score (nSPS) is 11.8. The summed E-state index contributed by atoms with van der Waals surface area (Å²) in [5.41, 5.74) is 8.31. The van der Waals surface area contributed by atoms with Crippen molar-refractivity contribution >= 4 is 17.5 Å². The van der Waals surface area contributed by atoms with Gasteiger partial charge in [-0.2, -0.15) is 0 Å². The van der Waals surface area contributed by atoms with E-state index in [1.165, 1.54) is 7.11 Å². The molecule has 0 bridgehead atoms. The Labute approximate surface area is 123 Å². The Balaban J connectivity index is 2.25. The van der Waals surface area contributed by atoms with Crippen LogP contribution in [-0.4, -0.2) is 23.0 Å². The molecule has 0 aliphatic rings. The Hall–Kier alpha value is -2.63. The predicted molar refractivity (Wildman–Crippen MR) is 81.0 cm³/mol. The lowest BCUT2D eigenvalue weighted by atomic mass is 10.1. The third kappa shape index (κ3) is 3.47. The topological polar surface area (TPSA) is 90.1 Å². The van der Waals surface area contributed by atoms with Gasteiger partial charge in [0.25, 0.3) is 0 Å². The fourth-order valence-electron chi connectivity index (χ4n) is 2.03. The number of nitrogens with two attached hydrogens (primary N) is 1. The molecule has 21 heavy (non-hydrogen) atoms. The predicted octanol–water partition coefficient (Wildman–Crippen LogP) is 2.33. The zero-order valence-electron chi connectivity index (χ0n) is 12.3. The lowest BCUT2D eigenvalue weighted by Crippen LogP contribution is -2.14. The summed E-state index contributed by atoms with van der Waals surface area (Å²) in [6.45, 7) is 3.77. The minimum atomic E-state index is -0.561. The Morgan fingerprint density at radius 2 is 2.05 bits per heavy atom. The molecule has 3 N–H and O–H groups in total. The van der Waals surface area contributed by atoms with E-state index in [1.807, 2.05) is 31.2 Å². The highest BCUT2D eigenvalue weighted by atomic mass is 16.5. The third-order valence-electron chi connectivity index (χ3n) is 3.05. The van der Waals surface area contributed by atoms with E-state index >= 15 is 0 Å². The van der Waals surface area contributed by atoms with Crippen molar-refractivity contribution in [3.8, 4) is 0 Å². The average Bonchev–Trinajstić information content (AvgIpc) is 2.46. The number of aryl methyl sites for hydroxylation is 1. The number of nitrogens with one attached hydrogen (secondary N) is 1. The molecule has 2 rings (SSSR count). The second-order valence-corrected chi connectivity index (χ2v) is 4.70. The minimum absolute atomic E-state index is 0.0354. The van der Waals surface area contributed by atoms with Gasteiger partial charge in [-0.25, -0.2) is 14.8 Å². The van der Waals surface area contributed by atoms with Gasteiger partial charge in [-0.1, -0.05) is 18.2 Å². The van der Waals surface area contributed by atoms with Gasteiger partial charge >= 0.3 is 5.97 Å². The Morgan fingerprint density at radius 3 is 2.71 bits per heavy atom. The summed E-state index contributed by atoms with van der Waals surface area (Å²) in [4.78, 5) is 19.7. The maximum absolute atomic E-state index is 11.5. The quantitative estimate of drug-likeness (QED) is 0.662. The number of hydrogen-bond acceptors (Lipinski definition) is 6. The van der Waals surface area contributed by atoms with E-state index in [2.05, 4.69) is 20.0 Å². The molecule has 1 atom stereocenters. The first-order valence-corrected chi connectivity index (χ1v) is 6.56. The molecule has 0 amide bonds. The summed E-state index contributed by atoms with van der Waals surface area (Å²) in [6, 6.07) is 9.32. The average molecular weight is 286 g/mol. The van der Waals surface area contributed by atoms with Crippen molar-refractivity contribution in [3.05, 3.63) is 47.4 Å². The van der Waals surface area contributed by atoms with E-state index in [1.54, 1.807) is 13.0 Å². The first-order chi connectivity index (χ1) is 10.0. The number of methoxy groups -OCH3 is 1. The maximum atomic E-state index is 11.5. The number of carbonyl (C=O) groups excluding carboxylic acids is 1. The fraction of sp³-hybridized carbons (Fsp3) is 0.267. The molecule has 1 aromatic heterocycles. The lowest BCUT2D eigenvalue weighted by Gasteiger charge is -2.17. The van der Waals surface area contributed by atoms with Gasteiger partial charge < -0.3 is 15.8 Å². The standard InChI is InChI=1S/C15H18N4O2/c1-9-8-13(19-14(17-9)15(20)21-3)18-10(2)11-6-4-5-7-12(11)16/h4-8,10H,16H2,1-3H3,(H,17,18,19). The number of para-hydroxylation sites is 1. The van der Waals surface area contributed by atoms with E-state index in [0.717, 1.165) is 5.56 Å². The minimum Gasteiger partial charge on any atom is -0.463 e. The summed E-state index contributed by atoms with van der Waals surface area (Å²) in [5, 5.41) is 3.22. The van der Waals surface area contributed by atoms with Crippen LogP contribution in [0.3, 0.4) is 0 Å². The van der Waals surface area contributed by atoms with Gasteiger partial charge in [0.15, 0.2) is 0 Å². The van der Waals surface area contributed by atoms with Crippen LogP contribution in [0.25, 0.3) is 0 Å². The number of benzene rings is 1. The molecule has 0 saturated heterocycles. The second-order valence-electron chi connectivity index (χ2n) is 4.70. The van der Waals surface area contributed by atoms with Crippen molar-refractivity contribution in [2.45, 2.75) is 19.9 Å². The van der Waals surface area contributed by atoms with Crippen molar-refractivity contribution in [1.29, 1.82) is 0 Å². The zero-order chi connectivity index (χ0) is 15.4. The number of ether oxygens (including phenoxy) is 1. The van der Waals surface area contributed by atoms with Crippen molar-refractivity contribution < 1.29 is 9.53 Å². The van der Waals surface area contributed by atoms with Gasteiger partial charge in [-0.05, 0) is 25.5 Å². The van der Waals surface area contributed by atoms with Crippen LogP contribution < -0.4 is 11.1 Å². The zero-order valence-corrected chi connectivity index (χ0v) is 12.3. The van der Waals surface area contributed by atoms with Gasteiger partial charge in [0.2, 0.25) is 5.82 Å². The number of rotatable bonds is 4. The summed E-state index contributed by atoms with van der Waals surface area (Å²) in [7, 11) is 1.30. The molecule has 110 valence electrons. The van der Waals surface area contributed by atoms with E-state index in [0.29, 0.717) is 17.2 Å². The van der Waals surface area contributed by atoms with Crippen LogP contribution in [0, 0.1) is 6.92 Å². The van der Waals surface area contributed by atoms with E-state index < -0.39 is 5.97 Å². The van der Waals surface area contributed by atoms with Crippen LogP contribution in [0.2, 0.25) is 0 Å². The number of nitrogens with zero attached hydrogens (tertiary/aromatic N) is 2. The first-order valence-electron chi connectivity index (χ1n) is 6.56. The highest BCUT2D eigenvalue weighted by molar-refractivity contribution is 5.85. The lowest BCUT2D eigenvalue weighted by molar-refractivity contribution is 0.0586. The molecule has 0 radical (unpaired) electrons. The second kappa shape index (κ2) is 6.21. The maximum Gasteiger partial charge on any atom is 0.376 e. The molecule has 0 aliphatic carbocycles. The van der Waals surface area contributed by atoms with Crippen molar-refractivity contribution in [1.82, 2.24) is 9.97 Å². The fourth-order valence-corrected chi connectivity index (χ4v) is 2.03. The molecule has 0 saturated carbocycles. The van der Waals surface area contributed by atoms with Gasteiger partial charge in [0.1, 0.15) is 5.82 Å². The molecule has 2 aromatic rings. The molecule has 1 unspecified atom stereocenters. The van der Waals surface area contributed by atoms with Crippen molar-refractivity contribution in [2.24, 2.45) is 0 Å². The highest BCUT2D eigenvalue weighted by Crippen LogP contribution is 2.23. The number of anilines is 2. The largest absolute Gasteiger partial charge is 0.463 e. The number of aromatic nitrogens is 2. The van der Waals surface area contributed by atoms with E-state index in [9.17, 15) is 4.79 Å². The van der Waals surface area contributed by atoms with Gasteiger partial charge in [-0.3, -0.25) is 0 Å². The summed E-state index contributed by atoms with van der Waals surface area (Å²) in [6.07, 6.45) is 0. The Kier molecular flexibility index (Phi) is 4.37. The molecule has 6 nitrogen and oxygen atoms in total. The molecule has 6 heteroatoms. The van der Waals surface area contributed by atoms with Crippen molar-refractivity contribution in [2.75, 3.05) is 18.2 Å². The number of nitrogen functional groups attached to an aromatic ring is 1. The molecular weight excluding hydrogens is 268 g/mol. The van der Waals surface area contributed by atoms with E-state index in [4.69, 9.17) is 5.73 Å². The highest BCUT2D eigenvalue weighted by Gasteiger charge is 2.14. The summed E-state index contributed by atoms with van der Waals surface area (Å²) in [5.74, 6) is 0.0283. The number of hydrogen-bond donors (Lipinski definition) is 2. The van der Waals surface area contributed by atoms with Crippen LogP contribution in [0.15, 0.2) is 30.3 Å². The van der Waals surface area contributed by atoms with Crippen molar-refractivity contribution in [3.63, 3.8) is 0 Å². The molecule has 1 heterocycles. The number of esters is 1. The SMILES string of the molecule is COC(=O)c1nc(C)cc(NC(C)c2ccccc2N)n1. The van der Waals surface area contributed by atoms with Crippen LogP contribution in [0.1, 0.15) is 34.8 Å². The van der Waals surface area contributed by atoms with Crippen LogP contribution >= 0.6 is 0 Å². The van der Waals surface area contributed by atoms with E-state index in [-0.39, 0.29) is 11.9 Å². The Bertz CT molecular complexity index is 658. The summed E-state index contributed by atoms with van der Waals surface area (Å²) >= 11 is 0. The van der Waals surface area contributed by atoms with Gasteiger partial charge in [0.05, 0.1) is 13.2 Å². The van der Waals surface area contributed by atoms with Gasteiger partial charge in [-0.15, -0.1) is 0 Å². The molecule has 0 aliphatic heterocycles. The first kappa shape index (κ1) is 14.8. The monoisotopic (exact) mass is 286 g/mol. The van der Waals surface area contributed by atoms with Crippen LogP contribution in [0.5, 0.6) is 0 Å². The molecular formula is C15H18N4O2. The van der Waals surface area contributed by atoms with Gasteiger partial charge in [0, 0.05) is 17.4 Å². The smallest absolute Gasteiger partial charge is 0.376 e. The molecule has 1 aromatic carbocycles. The number of carbonyl (C=O) groups is 1. The Morgan fingerprint density at radius 1 is 1.33 bits per heavy atom. The van der Waals surface area contributed by atoms with Crippen LogP contribution in [0.4, 0.5) is 11.5 Å². The van der Waals surface area contributed by atoms with Crippen LogP contribution in [-0.2, 0) is 4.74 Å².